The van der Waals surface area contributed by atoms with E-state index in [1.54, 1.807) is 16.1 Å². The Hall–Kier alpha value is -2.80. The number of amides is 2. The van der Waals surface area contributed by atoms with E-state index < -0.39 is 0 Å². The Labute approximate surface area is 176 Å². The highest BCUT2D eigenvalue weighted by molar-refractivity contribution is 5.86. The average Bonchev–Trinajstić information content (AvgIpc) is 3.22. The van der Waals surface area contributed by atoms with E-state index in [2.05, 4.69) is 0 Å². The monoisotopic (exact) mass is 412 g/mol. The number of carbonyl (C=O) groups is 2. The minimum absolute atomic E-state index is 0.0374. The highest BCUT2D eigenvalue weighted by Gasteiger charge is 2.35. The molecule has 2 aliphatic rings. The highest BCUT2D eigenvalue weighted by atomic mass is 16.5. The fourth-order valence-electron chi connectivity index (χ4n) is 3.68. The number of hydrogen-bond acceptors (Lipinski definition) is 5. The van der Waals surface area contributed by atoms with Gasteiger partial charge in [-0.25, -0.2) is 0 Å². The molecule has 4 rings (SSSR count). The lowest BCUT2D eigenvalue weighted by Gasteiger charge is -2.28. The van der Waals surface area contributed by atoms with Gasteiger partial charge in [-0.1, -0.05) is 18.2 Å². The zero-order chi connectivity index (χ0) is 20.8. The number of ether oxygens (including phenoxy) is 2. The van der Waals surface area contributed by atoms with Crippen LogP contribution in [-0.4, -0.2) is 60.1 Å². The third kappa shape index (κ3) is 5.63. The summed E-state index contributed by atoms with van der Waals surface area (Å²) in [6.07, 6.45) is 5.44. The molecule has 1 unspecified atom stereocenters. The molecule has 1 saturated heterocycles. The molecule has 7 heteroatoms. The molecule has 0 spiro atoms. The second-order valence-electron chi connectivity index (χ2n) is 7.84. The van der Waals surface area contributed by atoms with Gasteiger partial charge in [0.05, 0.1) is 18.9 Å². The Morgan fingerprint density at radius 1 is 1.03 bits per heavy atom. The van der Waals surface area contributed by atoms with Gasteiger partial charge in [-0.15, -0.1) is 0 Å². The van der Waals surface area contributed by atoms with Crippen LogP contribution in [0.5, 0.6) is 5.75 Å². The van der Waals surface area contributed by atoms with Crippen LogP contribution in [0.25, 0.3) is 0 Å². The van der Waals surface area contributed by atoms with Gasteiger partial charge in [0.2, 0.25) is 5.91 Å². The van der Waals surface area contributed by atoms with Crippen molar-refractivity contribution in [2.75, 3.05) is 26.3 Å². The van der Waals surface area contributed by atoms with Crippen LogP contribution in [-0.2, 0) is 20.9 Å². The van der Waals surface area contributed by atoms with E-state index in [0.29, 0.717) is 18.8 Å². The van der Waals surface area contributed by atoms with Crippen LogP contribution in [0.4, 0.5) is 0 Å². The third-order valence-corrected chi connectivity index (χ3v) is 5.45. The zero-order valence-corrected chi connectivity index (χ0v) is 17.1. The summed E-state index contributed by atoms with van der Waals surface area (Å²) in [5, 5.41) is 0. The number of para-hydroxylation sites is 1. The van der Waals surface area contributed by atoms with Crippen molar-refractivity contribution in [2.24, 2.45) is 0 Å². The first kappa shape index (κ1) is 20.5. The summed E-state index contributed by atoms with van der Waals surface area (Å²) in [6.45, 7) is 1.59. The summed E-state index contributed by atoms with van der Waals surface area (Å²) < 4.78 is 16.8. The van der Waals surface area contributed by atoms with Gasteiger partial charge in [-0.3, -0.25) is 9.59 Å². The lowest BCUT2D eigenvalue weighted by Crippen LogP contribution is -2.47. The largest absolute Gasteiger partial charge is 0.484 e. The zero-order valence-electron chi connectivity index (χ0n) is 17.1. The maximum Gasteiger partial charge on any atom is 0.261 e. The van der Waals surface area contributed by atoms with Crippen molar-refractivity contribution in [3.8, 4) is 5.75 Å². The van der Waals surface area contributed by atoms with E-state index in [0.717, 1.165) is 38.1 Å². The van der Waals surface area contributed by atoms with Crippen molar-refractivity contribution in [2.45, 2.75) is 44.4 Å². The summed E-state index contributed by atoms with van der Waals surface area (Å²) in [5.74, 6) is 1.11. The molecule has 0 bridgehead atoms. The normalized spacial score (nSPS) is 18.2. The van der Waals surface area contributed by atoms with E-state index in [1.165, 1.54) is 0 Å². The smallest absolute Gasteiger partial charge is 0.261 e. The molecule has 1 aliphatic heterocycles. The number of carbonyl (C=O) groups excluding carboxylic acids is 2. The lowest BCUT2D eigenvalue weighted by molar-refractivity contribution is -0.143. The molecule has 1 saturated carbocycles. The van der Waals surface area contributed by atoms with Crippen LogP contribution in [0.2, 0.25) is 0 Å². The summed E-state index contributed by atoms with van der Waals surface area (Å²) in [4.78, 5) is 29.4. The van der Waals surface area contributed by atoms with E-state index in [9.17, 15) is 9.59 Å². The molecule has 2 amide bonds. The number of rotatable bonds is 10. The van der Waals surface area contributed by atoms with Crippen molar-refractivity contribution in [3.05, 3.63) is 54.5 Å². The van der Waals surface area contributed by atoms with E-state index >= 15 is 0 Å². The summed E-state index contributed by atoms with van der Waals surface area (Å²) in [6, 6.07) is 13.0. The van der Waals surface area contributed by atoms with Gasteiger partial charge < -0.3 is 23.7 Å². The molecule has 1 aromatic heterocycles. The lowest BCUT2D eigenvalue weighted by atomic mass is 10.2. The Kier molecular flexibility index (Phi) is 6.69. The van der Waals surface area contributed by atoms with Crippen molar-refractivity contribution in [3.63, 3.8) is 0 Å². The molecular weight excluding hydrogens is 384 g/mol. The molecular formula is C23H28N2O5. The molecule has 1 aromatic carbocycles. The molecule has 160 valence electrons. The summed E-state index contributed by atoms with van der Waals surface area (Å²) in [5.41, 5.74) is 0. The van der Waals surface area contributed by atoms with E-state index in [4.69, 9.17) is 13.9 Å². The predicted molar refractivity (Wildman–Crippen MR) is 110 cm³/mol. The van der Waals surface area contributed by atoms with Crippen LogP contribution in [0.3, 0.4) is 0 Å². The summed E-state index contributed by atoms with van der Waals surface area (Å²) in [7, 11) is 0. The van der Waals surface area contributed by atoms with E-state index in [1.807, 2.05) is 42.5 Å². The van der Waals surface area contributed by atoms with Crippen LogP contribution in [0.15, 0.2) is 53.1 Å². The van der Waals surface area contributed by atoms with E-state index in [-0.39, 0.29) is 37.1 Å². The topological polar surface area (TPSA) is 72.2 Å². The second-order valence-corrected chi connectivity index (χ2v) is 7.84. The first-order valence-corrected chi connectivity index (χ1v) is 10.6. The van der Waals surface area contributed by atoms with Crippen molar-refractivity contribution >= 4 is 11.8 Å². The minimum atomic E-state index is -0.162. The molecule has 2 aromatic rings. The fraction of sp³-hybridized carbons (Fsp3) is 0.478. The maximum absolute atomic E-state index is 13.2. The second kappa shape index (κ2) is 9.80. The number of nitrogens with zero attached hydrogens (tertiary/aromatic N) is 2. The van der Waals surface area contributed by atoms with Gasteiger partial charge in [-0.2, -0.15) is 0 Å². The molecule has 2 heterocycles. The molecule has 2 fully saturated rings. The van der Waals surface area contributed by atoms with Gasteiger partial charge in [0.25, 0.3) is 5.91 Å². The van der Waals surface area contributed by atoms with Crippen molar-refractivity contribution in [1.29, 1.82) is 0 Å². The maximum atomic E-state index is 13.2. The first-order chi connectivity index (χ1) is 14.7. The molecule has 0 N–H and O–H groups in total. The predicted octanol–water partition coefficient (Wildman–Crippen LogP) is 2.86. The third-order valence-electron chi connectivity index (χ3n) is 5.45. The van der Waals surface area contributed by atoms with Gasteiger partial charge >= 0.3 is 0 Å². The van der Waals surface area contributed by atoms with Gasteiger partial charge in [-0.05, 0) is 49.9 Å². The quantitative estimate of drug-likeness (QED) is 0.600. The molecule has 30 heavy (non-hydrogen) atoms. The van der Waals surface area contributed by atoms with Gasteiger partial charge in [0, 0.05) is 19.2 Å². The Bertz CT molecular complexity index is 813. The number of hydrogen-bond donors (Lipinski definition) is 0. The Morgan fingerprint density at radius 2 is 1.87 bits per heavy atom. The molecule has 7 nitrogen and oxygen atoms in total. The Balaban J connectivity index is 1.38. The first-order valence-electron chi connectivity index (χ1n) is 10.6. The van der Waals surface area contributed by atoms with Crippen LogP contribution < -0.4 is 4.74 Å². The van der Waals surface area contributed by atoms with Gasteiger partial charge in [0.1, 0.15) is 18.1 Å². The summed E-state index contributed by atoms with van der Waals surface area (Å²) >= 11 is 0. The van der Waals surface area contributed by atoms with Crippen molar-refractivity contribution < 1.29 is 23.5 Å². The highest BCUT2D eigenvalue weighted by Crippen LogP contribution is 2.27. The molecule has 1 aliphatic carbocycles. The molecule has 0 radical (unpaired) electrons. The number of benzene rings is 1. The number of furan rings is 1. The van der Waals surface area contributed by atoms with Crippen LogP contribution in [0, 0.1) is 0 Å². The SMILES string of the molecule is O=C(CN(C(=O)COc1ccccc1)C1CC1)N(Cc1ccco1)CC1CCCO1. The Morgan fingerprint density at radius 3 is 2.53 bits per heavy atom. The molecule has 1 atom stereocenters. The standard InChI is InChI=1S/C23H28N2O5/c26-22(24(14-20-8-4-12-28-20)15-21-9-5-13-29-21)16-25(18-10-11-18)23(27)17-30-19-6-2-1-3-7-19/h1-4,6-8,12,18,21H,5,9-11,13-17H2. The fourth-order valence-corrected chi connectivity index (χ4v) is 3.68. The minimum Gasteiger partial charge on any atom is -0.484 e. The van der Waals surface area contributed by atoms with Crippen LogP contribution >= 0.6 is 0 Å². The van der Waals surface area contributed by atoms with Gasteiger partial charge in [0.15, 0.2) is 6.61 Å². The van der Waals surface area contributed by atoms with Crippen molar-refractivity contribution in [1.82, 2.24) is 9.80 Å². The average molecular weight is 412 g/mol. The van der Waals surface area contributed by atoms with Crippen LogP contribution in [0.1, 0.15) is 31.4 Å².